The van der Waals surface area contributed by atoms with Crippen molar-refractivity contribution in [2.24, 2.45) is 0 Å². The Morgan fingerprint density at radius 1 is 1.47 bits per heavy atom. The Balaban J connectivity index is 3.26. The lowest BCUT2D eigenvalue weighted by molar-refractivity contribution is -0.137. The standard InChI is InChI=1S/C11H8F3NO2/c1-2-17-10(16)9-5-8(11(12,13)14)4-3-7(9)6-15/h3-5H,2H2,1H3. The van der Waals surface area contributed by atoms with Crippen LogP contribution in [0.5, 0.6) is 0 Å². The first-order chi connectivity index (χ1) is 7.90. The summed E-state index contributed by atoms with van der Waals surface area (Å²) < 4.78 is 41.8. The summed E-state index contributed by atoms with van der Waals surface area (Å²) in [6.07, 6.45) is -4.56. The third-order valence-corrected chi connectivity index (χ3v) is 1.96. The highest BCUT2D eigenvalue weighted by molar-refractivity contribution is 5.92. The number of hydrogen-bond donors (Lipinski definition) is 0. The number of rotatable bonds is 2. The van der Waals surface area contributed by atoms with Crippen molar-refractivity contribution in [2.45, 2.75) is 13.1 Å². The monoisotopic (exact) mass is 243 g/mol. The molecule has 0 amide bonds. The number of halogens is 3. The quantitative estimate of drug-likeness (QED) is 0.750. The van der Waals surface area contributed by atoms with Gasteiger partial charge in [-0.25, -0.2) is 4.79 Å². The molecule has 0 aromatic heterocycles. The number of carbonyl (C=O) groups is 1. The van der Waals surface area contributed by atoms with E-state index in [0.29, 0.717) is 6.07 Å². The highest BCUT2D eigenvalue weighted by Gasteiger charge is 2.32. The van der Waals surface area contributed by atoms with Crippen LogP contribution in [-0.4, -0.2) is 12.6 Å². The van der Waals surface area contributed by atoms with Gasteiger partial charge in [0.2, 0.25) is 0 Å². The maximum atomic E-state index is 12.4. The van der Waals surface area contributed by atoms with Crippen LogP contribution < -0.4 is 0 Å². The second-order valence-electron chi connectivity index (χ2n) is 3.09. The van der Waals surface area contributed by atoms with Gasteiger partial charge in [-0.05, 0) is 25.1 Å². The van der Waals surface area contributed by atoms with Gasteiger partial charge in [0.05, 0.1) is 23.3 Å². The summed E-state index contributed by atoms with van der Waals surface area (Å²) in [5.74, 6) is -0.935. The molecular weight excluding hydrogens is 235 g/mol. The topological polar surface area (TPSA) is 50.1 Å². The van der Waals surface area contributed by atoms with Crippen molar-refractivity contribution in [1.82, 2.24) is 0 Å². The van der Waals surface area contributed by atoms with Gasteiger partial charge in [-0.15, -0.1) is 0 Å². The average molecular weight is 243 g/mol. The van der Waals surface area contributed by atoms with Crippen LogP contribution in [0.1, 0.15) is 28.4 Å². The first kappa shape index (κ1) is 13.0. The number of esters is 1. The third kappa shape index (κ3) is 2.97. The van der Waals surface area contributed by atoms with Gasteiger partial charge in [-0.2, -0.15) is 18.4 Å². The van der Waals surface area contributed by atoms with Crippen molar-refractivity contribution in [3.63, 3.8) is 0 Å². The van der Waals surface area contributed by atoms with Crippen LogP contribution in [0.15, 0.2) is 18.2 Å². The molecule has 3 nitrogen and oxygen atoms in total. The molecule has 0 spiro atoms. The number of benzene rings is 1. The Labute approximate surface area is 95.4 Å². The minimum atomic E-state index is -4.56. The van der Waals surface area contributed by atoms with E-state index >= 15 is 0 Å². The maximum absolute atomic E-state index is 12.4. The van der Waals surface area contributed by atoms with E-state index in [1.165, 1.54) is 6.92 Å². The molecular formula is C11H8F3NO2. The second kappa shape index (κ2) is 4.87. The van der Waals surface area contributed by atoms with E-state index in [0.717, 1.165) is 12.1 Å². The largest absolute Gasteiger partial charge is 0.462 e. The molecule has 1 aromatic carbocycles. The summed E-state index contributed by atoms with van der Waals surface area (Å²) in [4.78, 5) is 11.4. The third-order valence-electron chi connectivity index (χ3n) is 1.96. The fraction of sp³-hybridized carbons (Fsp3) is 0.273. The van der Waals surface area contributed by atoms with Gasteiger partial charge >= 0.3 is 12.1 Å². The van der Waals surface area contributed by atoms with Crippen LogP contribution in [0.2, 0.25) is 0 Å². The fourth-order valence-electron chi connectivity index (χ4n) is 1.20. The summed E-state index contributed by atoms with van der Waals surface area (Å²) in [5.41, 5.74) is -1.50. The summed E-state index contributed by atoms with van der Waals surface area (Å²) in [6.45, 7) is 1.55. The molecule has 0 fully saturated rings. The van der Waals surface area contributed by atoms with Crippen LogP contribution >= 0.6 is 0 Å². The SMILES string of the molecule is CCOC(=O)c1cc(C(F)(F)F)ccc1C#N. The molecule has 0 aliphatic rings. The Hall–Kier alpha value is -2.03. The van der Waals surface area contributed by atoms with E-state index in [1.807, 2.05) is 0 Å². The first-order valence-electron chi connectivity index (χ1n) is 4.68. The van der Waals surface area contributed by atoms with Crippen molar-refractivity contribution < 1.29 is 22.7 Å². The lowest BCUT2D eigenvalue weighted by Crippen LogP contribution is -2.11. The van der Waals surface area contributed by atoms with Crippen molar-refractivity contribution in [3.8, 4) is 6.07 Å². The normalized spacial score (nSPS) is 10.8. The van der Waals surface area contributed by atoms with E-state index in [2.05, 4.69) is 4.74 Å². The Morgan fingerprint density at radius 2 is 2.12 bits per heavy atom. The van der Waals surface area contributed by atoms with Gasteiger partial charge in [-0.1, -0.05) is 0 Å². The van der Waals surface area contributed by atoms with Crippen LogP contribution in [0.25, 0.3) is 0 Å². The molecule has 0 unspecified atom stereocenters. The second-order valence-corrected chi connectivity index (χ2v) is 3.09. The Kier molecular flexibility index (Phi) is 3.73. The van der Waals surface area contributed by atoms with Crippen LogP contribution in [0, 0.1) is 11.3 Å². The number of hydrogen-bond acceptors (Lipinski definition) is 3. The molecule has 0 atom stereocenters. The van der Waals surface area contributed by atoms with Crippen molar-refractivity contribution in [3.05, 3.63) is 34.9 Å². The minimum Gasteiger partial charge on any atom is -0.462 e. The summed E-state index contributed by atoms with van der Waals surface area (Å²) in [5, 5.41) is 8.69. The van der Waals surface area contributed by atoms with Gasteiger partial charge < -0.3 is 4.74 Å². The van der Waals surface area contributed by atoms with Gasteiger partial charge in [-0.3, -0.25) is 0 Å². The van der Waals surface area contributed by atoms with Gasteiger partial charge in [0.15, 0.2) is 0 Å². The Bertz CT molecular complexity index is 475. The highest BCUT2D eigenvalue weighted by atomic mass is 19.4. The zero-order valence-electron chi connectivity index (χ0n) is 8.84. The van der Waals surface area contributed by atoms with Crippen LogP contribution in [-0.2, 0) is 10.9 Å². The van der Waals surface area contributed by atoms with Gasteiger partial charge in [0, 0.05) is 0 Å². The molecule has 90 valence electrons. The van der Waals surface area contributed by atoms with Crippen molar-refractivity contribution in [2.75, 3.05) is 6.61 Å². The molecule has 0 saturated heterocycles. The molecule has 6 heteroatoms. The van der Waals surface area contributed by atoms with Crippen LogP contribution in [0.4, 0.5) is 13.2 Å². The summed E-state index contributed by atoms with van der Waals surface area (Å²) >= 11 is 0. The fourth-order valence-corrected chi connectivity index (χ4v) is 1.20. The predicted octanol–water partition coefficient (Wildman–Crippen LogP) is 2.75. The van der Waals surface area contributed by atoms with Crippen molar-refractivity contribution >= 4 is 5.97 Å². The molecule has 0 heterocycles. The highest BCUT2D eigenvalue weighted by Crippen LogP contribution is 2.30. The minimum absolute atomic E-state index is 0.0277. The number of nitriles is 1. The molecule has 0 bridgehead atoms. The molecule has 0 aliphatic carbocycles. The Morgan fingerprint density at radius 3 is 2.59 bits per heavy atom. The average Bonchev–Trinajstić information content (AvgIpc) is 2.27. The summed E-state index contributed by atoms with van der Waals surface area (Å²) in [7, 11) is 0. The molecule has 17 heavy (non-hydrogen) atoms. The lowest BCUT2D eigenvalue weighted by Gasteiger charge is -2.09. The first-order valence-corrected chi connectivity index (χ1v) is 4.68. The van der Waals surface area contributed by atoms with Gasteiger partial charge in [0.25, 0.3) is 0 Å². The molecule has 0 radical (unpaired) electrons. The molecule has 0 aliphatic heterocycles. The van der Waals surface area contributed by atoms with Gasteiger partial charge in [0.1, 0.15) is 6.07 Å². The van der Waals surface area contributed by atoms with E-state index in [9.17, 15) is 18.0 Å². The zero-order chi connectivity index (χ0) is 13.1. The lowest BCUT2D eigenvalue weighted by atomic mass is 10.0. The molecule has 0 saturated carbocycles. The maximum Gasteiger partial charge on any atom is 0.416 e. The van der Waals surface area contributed by atoms with E-state index in [4.69, 9.17) is 5.26 Å². The van der Waals surface area contributed by atoms with Crippen molar-refractivity contribution in [1.29, 1.82) is 5.26 Å². The molecule has 1 aromatic rings. The predicted molar refractivity (Wildman–Crippen MR) is 52.1 cm³/mol. The molecule has 1 rings (SSSR count). The van der Waals surface area contributed by atoms with E-state index in [1.54, 1.807) is 6.07 Å². The number of carbonyl (C=O) groups excluding carboxylic acids is 1. The van der Waals surface area contributed by atoms with E-state index < -0.39 is 17.7 Å². The number of ether oxygens (including phenoxy) is 1. The smallest absolute Gasteiger partial charge is 0.416 e. The number of alkyl halides is 3. The van der Waals surface area contributed by atoms with E-state index in [-0.39, 0.29) is 17.7 Å². The van der Waals surface area contributed by atoms with Crippen LogP contribution in [0.3, 0.4) is 0 Å². The number of nitrogens with zero attached hydrogens (tertiary/aromatic N) is 1. The summed E-state index contributed by atoms with van der Waals surface area (Å²) in [6, 6.07) is 3.97. The molecule has 0 N–H and O–H groups in total. The zero-order valence-corrected chi connectivity index (χ0v) is 8.84.